The van der Waals surface area contributed by atoms with Crippen LogP contribution in [0.3, 0.4) is 0 Å². The third kappa shape index (κ3) is 8.68. The summed E-state index contributed by atoms with van der Waals surface area (Å²) in [6, 6.07) is -0.0942. The molecule has 1 saturated carbocycles. The van der Waals surface area contributed by atoms with Crippen molar-refractivity contribution in [1.82, 2.24) is 10.2 Å². The molecule has 1 spiro atoms. The van der Waals surface area contributed by atoms with E-state index in [0.717, 1.165) is 31.3 Å². The van der Waals surface area contributed by atoms with Crippen LogP contribution in [-0.4, -0.2) is 91.0 Å². The summed E-state index contributed by atoms with van der Waals surface area (Å²) < 4.78 is 22.8. The fourth-order valence-electron chi connectivity index (χ4n) is 6.42. The van der Waals surface area contributed by atoms with Gasteiger partial charge in [0.25, 0.3) is 0 Å². The molecule has 1 aliphatic carbocycles. The molecule has 2 amide bonds. The Bertz CT molecular complexity index is 1010. The zero-order chi connectivity index (χ0) is 30.4. The molecule has 4 rings (SSSR count). The minimum absolute atomic E-state index is 0.0698. The third-order valence-electron chi connectivity index (χ3n) is 9.48. The zero-order valence-corrected chi connectivity index (χ0v) is 26.3. The van der Waals surface area contributed by atoms with E-state index in [0.29, 0.717) is 44.7 Å². The van der Waals surface area contributed by atoms with Gasteiger partial charge in [0.1, 0.15) is 11.7 Å². The van der Waals surface area contributed by atoms with Crippen molar-refractivity contribution in [2.24, 2.45) is 23.7 Å². The number of aliphatic hydroxyl groups is 1. The van der Waals surface area contributed by atoms with Crippen molar-refractivity contribution < 1.29 is 33.6 Å². The Labute approximate surface area is 251 Å². The van der Waals surface area contributed by atoms with Crippen LogP contribution in [0.4, 0.5) is 4.79 Å². The highest BCUT2D eigenvalue weighted by molar-refractivity contribution is 5.87. The van der Waals surface area contributed by atoms with Gasteiger partial charge >= 0.3 is 6.09 Å². The van der Waals surface area contributed by atoms with E-state index in [2.05, 4.69) is 51.2 Å². The van der Waals surface area contributed by atoms with Crippen LogP contribution in [0.1, 0.15) is 67.2 Å². The standard InChI is InChI=1S/C33H52N2O7/c1-21(2)27-18-26(31(37)33(19-27)20-40-33)10-7-22(3)8-11-29-23(4)17-28(25(6)42-29)34-30(36)12-9-24(5)41-32(38)35-13-15-39-16-14-35/h7-10,12,21,23-29,31,37H,11,13-20H2,1-6H3,(H,34,36)/b10-7+,12-9-,22-8+/t23-,24-,25+,26-,27?,28+,29-,31+,33+/m0/s1. The number of aliphatic hydroxyl groups excluding tert-OH is 1. The number of rotatable bonds is 9. The molecule has 0 aromatic heterocycles. The molecule has 3 saturated heterocycles. The fourth-order valence-corrected chi connectivity index (χ4v) is 6.42. The smallest absolute Gasteiger partial charge is 0.410 e. The molecule has 9 heteroatoms. The van der Waals surface area contributed by atoms with E-state index in [1.807, 2.05) is 6.92 Å². The molecule has 3 aliphatic heterocycles. The first-order valence-corrected chi connectivity index (χ1v) is 15.8. The zero-order valence-electron chi connectivity index (χ0n) is 26.3. The van der Waals surface area contributed by atoms with Gasteiger partial charge in [0.15, 0.2) is 0 Å². The minimum Gasteiger partial charge on any atom is -0.442 e. The molecule has 42 heavy (non-hydrogen) atoms. The van der Waals surface area contributed by atoms with E-state index >= 15 is 0 Å². The molecule has 2 N–H and O–H groups in total. The number of nitrogens with zero attached hydrogens (tertiary/aromatic N) is 1. The number of nitrogens with one attached hydrogen (secondary N) is 1. The molecule has 9 nitrogen and oxygen atoms in total. The Balaban J connectivity index is 1.21. The minimum atomic E-state index is -0.514. The number of allylic oxidation sites excluding steroid dienone is 2. The van der Waals surface area contributed by atoms with Gasteiger partial charge in [-0.05, 0) is 70.3 Å². The molecule has 9 atom stereocenters. The molecule has 4 aliphatic rings. The van der Waals surface area contributed by atoms with E-state index in [4.69, 9.17) is 18.9 Å². The van der Waals surface area contributed by atoms with E-state index in [1.165, 1.54) is 6.08 Å². The summed E-state index contributed by atoms with van der Waals surface area (Å²) in [4.78, 5) is 26.5. The quantitative estimate of drug-likeness (QED) is 0.233. The maximum absolute atomic E-state index is 12.6. The van der Waals surface area contributed by atoms with Gasteiger partial charge in [-0.15, -0.1) is 0 Å². The number of amides is 2. The van der Waals surface area contributed by atoms with Gasteiger partial charge in [0, 0.05) is 25.1 Å². The number of morpholine rings is 1. The lowest BCUT2D eigenvalue weighted by Crippen LogP contribution is -2.50. The molecular weight excluding hydrogens is 536 g/mol. The lowest BCUT2D eigenvalue weighted by Gasteiger charge is -2.39. The van der Waals surface area contributed by atoms with Crippen molar-refractivity contribution in [3.05, 3.63) is 36.0 Å². The molecule has 0 radical (unpaired) electrons. The van der Waals surface area contributed by atoms with Crippen LogP contribution in [0.2, 0.25) is 0 Å². The van der Waals surface area contributed by atoms with E-state index in [-0.39, 0.29) is 41.6 Å². The Kier molecular flexibility index (Phi) is 11.3. The van der Waals surface area contributed by atoms with Crippen LogP contribution in [0.5, 0.6) is 0 Å². The van der Waals surface area contributed by atoms with Gasteiger partial charge in [0.2, 0.25) is 5.91 Å². The summed E-state index contributed by atoms with van der Waals surface area (Å²) in [7, 11) is 0. The number of hydrogen-bond acceptors (Lipinski definition) is 7. The lowest BCUT2D eigenvalue weighted by molar-refractivity contribution is -0.123. The number of epoxide rings is 1. The summed E-state index contributed by atoms with van der Waals surface area (Å²) >= 11 is 0. The van der Waals surface area contributed by atoms with Crippen LogP contribution in [0.25, 0.3) is 0 Å². The second-order valence-corrected chi connectivity index (χ2v) is 13.2. The van der Waals surface area contributed by atoms with Crippen LogP contribution in [-0.2, 0) is 23.7 Å². The number of ether oxygens (including phenoxy) is 4. The number of carbonyl (C=O) groups excluding carboxylic acids is 2. The number of carbonyl (C=O) groups is 2. The maximum Gasteiger partial charge on any atom is 0.410 e. The molecule has 0 aromatic carbocycles. The van der Waals surface area contributed by atoms with Crippen molar-refractivity contribution in [3.63, 3.8) is 0 Å². The van der Waals surface area contributed by atoms with Crippen LogP contribution in [0.15, 0.2) is 36.0 Å². The molecular formula is C33H52N2O7. The van der Waals surface area contributed by atoms with Crippen molar-refractivity contribution in [1.29, 1.82) is 0 Å². The average molecular weight is 589 g/mol. The topological polar surface area (TPSA) is 110 Å². The molecule has 0 aromatic rings. The summed E-state index contributed by atoms with van der Waals surface area (Å²) in [5, 5.41) is 14.0. The largest absolute Gasteiger partial charge is 0.442 e. The first kappa shape index (κ1) is 32.7. The average Bonchev–Trinajstić information content (AvgIpc) is 3.74. The van der Waals surface area contributed by atoms with Crippen molar-refractivity contribution in [3.8, 4) is 0 Å². The van der Waals surface area contributed by atoms with Gasteiger partial charge in [-0.1, -0.05) is 44.6 Å². The highest BCUT2D eigenvalue weighted by Gasteiger charge is 2.57. The van der Waals surface area contributed by atoms with Crippen molar-refractivity contribution in [2.75, 3.05) is 32.9 Å². The number of hydrogen-bond donors (Lipinski definition) is 2. The lowest BCUT2D eigenvalue weighted by atomic mass is 9.69. The van der Waals surface area contributed by atoms with Gasteiger partial charge in [-0.2, -0.15) is 0 Å². The van der Waals surface area contributed by atoms with Crippen LogP contribution < -0.4 is 5.32 Å². The molecule has 4 fully saturated rings. The normalized spacial score (nSPS) is 36.5. The molecule has 1 unspecified atom stereocenters. The van der Waals surface area contributed by atoms with E-state index in [9.17, 15) is 14.7 Å². The third-order valence-corrected chi connectivity index (χ3v) is 9.48. The second-order valence-electron chi connectivity index (χ2n) is 13.2. The molecule has 0 bridgehead atoms. The SMILES string of the molecule is CC(/C=C/[C@H]1CC(C(C)C)C[C@@]2(CO2)[C@@H]1O)=C\C[C@@H]1O[C@H](C)[C@H](NC(=O)/C=C\[C@H](C)OC(=O)N2CCOCC2)C[C@@H]1C. The van der Waals surface area contributed by atoms with Crippen molar-refractivity contribution in [2.45, 2.75) is 103 Å². The first-order chi connectivity index (χ1) is 20.0. The predicted molar refractivity (Wildman–Crippen MR) is 161 cm³/mol. The Morgan fingerprint density at radius 2 is 1.86 bits per heavy atom. The van der Waals surface area contributed by atoms with Gasteiger partial charge in [0.05, 0.1) is 44.2 Å². The highest BCUT2D eigenvalue weighted by atomic mass is 16.6. The monoisotopic (exact) mass is 588 g/mol. The Morgan fingerprint density at radius 3 is 2.52 bits per heavy atom. The Hall–Kier alpha value is -2.20. The fraction of sp³-hybridized carbons (Fsp3) is 0.758. The van der Waals surface area contributed by atoms with E-state index in [1.54, 1.807) is 17.9 Å². The summed E-state index contributed by atoms with van der Waals surface area (Å²) in [6.07, 6.45) is 11.7. The van der Waals surface area contributed by atoms with Gasteiger partial charge in [-0.3, -0.25) is 4.79 Å². The summed E-state index contributed by atoms with van der Waals surface area (Å²) in [5.74, 6) is 1.31. The van der Waals surface area contributed by atoms with Crippen molar-refractivity contribution >= 4 is 12.0 Å². The van der Waals surface area contributed by atoms with Gasteiger partial charge < -0.3 is 34.3 Å². The molecule has 236 valence electrons. The highest BCUT2D eigenvalue weighted by Crippen LogP contribution is 2.49. The summed E-state index contributed by atoms with van der Waals surface area (Å²) in [6.45, 7) is 15.2. The predicted octanol–water partition coefficient (Wildman–Crippen LogP) is 4.40. The maximum atomic E-state index is 12.6. The van der Waals surface area contributed by atoms with E-state index < -0.39 is 18.3 Å². The van der Waals surface area contributed by atoms with Gasteiger partial charge in [-0.25, -0.2) is 4.79 Å². The summed E-state index contributed by atoms with van der Waals surface area (Å²) in [5.41, 5.74) is 0.837. The first-order valence-electron chi connectivity index (χ1n) is 15.8. The van der Waals surface area contributed by atoms with Crippen LogP contribution >= 0.6 is 0 Å². The van der Waals surface area contributed by atoms with Crippen LogP contribution in [0, 0.1) is 23.7 Å². The Morgan fingerprint density at radius 1 is 1.14 bits per heavy atom. The molecule has 3 heterocycles. The second kappa shape index (κ2) is 14.5.